The number of nitrogens with zero attached hydrogens (tertiary/aromatic N) is 4. The highest BCUT2D eigenvalue weighted by Crippen LogP contribution is 2.29. The van der Waals surface area contributed by atoms with Crippen LogP contribution in [0, 0.1) is 0 Å². The normalized spacial score (nSPS) is 16.0. The minimum absolute atomic E-state index is 0.0569. The molecule has 0 radical (unpaired) electrons. The Hall–Kier alpha value is -4.53. The SMILES string of the molecule is COc1ccc(CNC(=O)[C@@]2(Cc3ccccc3CN=[N+]=[N-])COC(c3ccc(OCCCO)cc3)=N2)cc1. The van der Waals surface area contributed by atoms with Crippen molar-refractivity contribution in [2.45, 2.75) is 31.5 Å². The number of nitrogens with one attached hydrogen (secondary N) is 1. The molecule has 0 aliphatic carbocycles. The van der Waals surface area contributed by atoms with Gasteiger partial charge in [-0.1, -0.05) is 41.5 Å². The van der Waals surface area contributed by atoms with Crippen LogP contribution in [0.1, 0.15) is 28.7 Å². The van der Waals surface area contributed by atoms with Crippen molar-refractivity contribution >= 4 is 11.8 Å². The van der Waals surface area contributed by atoms with Crippen LogP contribution in [0.5, 0.6) is 11.5 Å². The van der Waals surface area contributed by atoms with Crippen LogP contribution < -0.4 is 14.8 Å². The number of azide groups is 1. The van der Waals surface area contributed by atoms with Crippen LogP contribution in [0.4, 0.5) is 0 Å². The lowest BCUT2D eigenvalue weighted by Crippen LogP contribution is -2.48. The topological polar surface area (TPSA) is 138 Å². The standard InChI is InChI=1S/C29H31N5O5/c1-37-25-11-7-21(8-12-25)18-31-28(36)29(17-23-5-2-3-6-24(23)19-32-34-30)20-39-27(33-29)22-9-13-26(14-10-22)38-16-4-15-35/h2-3,5-14,35H,4,15-20H2,1H3,(H,31,36)/t29-/m1/s1. The van der Waals surface area contributed by atoms with Crippen molar-refractivity contribution < 1.29 is 24.1 Å². The fraction of sp³-hybridized carbons (Fsp3) is 0.310. The van der Waals surface area contributed by atoms with E-state index in [2.05, 4.69) is 15.3 Å². The lowest BCUT2D eigenvalue weighted by molar-refractivity contribution is -0.126. The van der Waals surface area contributed by atoms with Crippen molar-refractivity contribution in [3.63, 3.8) is 0 Å². The van der Waals surface area contributed by atoms with E-state index < -0.39 is 5.54 Å². The summed E-state index contributed by atoms with van der Waals surface area (Å²) in [7, 11) is 1.61. The van der Waals surface area contributed by atoms with Crippen LogP contribution in [0.15, 0.2) is 82.9 Å². The number of aliphatic hydroxyl groups is 1. The second-order valence-electron chi connectivity index (χ2n) is 9.05. The Balaban J connectivity index is 1.59. The monoisotopic (exact) mass is 529 g/mol. The number of carbonyl (C=O) groups is 1. The number of hydrogen-bond donors (Lipinski definition) is 2. The Morgan fingerprint density at radius 3 is 2.51 bits per heavy atom. The van der Waals surface area contributed by atoms with Gasteiger partial charge in [0.05, 0.1) is 20.3 Å². The van der Waals surface area contributed by atoms with Gasteiger partial charge in [0.15, 0.2) is 5.54 Å². The first-order chi connectivity index (χ1) is 19.1. The smallest absolute Gasteiger partial charge is 0.252 e. The molecule has 1 aliphatic heterocycles. The number of aliphatic hydroxyl groups excluding tert-OH is 1. The Bertz CT molecular complexity index is 1340. The summed E-state index contributed by atoms with van der Waals surface area (Å²) in [5, 5.41) is 15.7. The van der Waals surface area contributed by atoms with Gasteiger partial charge in [0.25, 0.3) is 5.91 Å². The number of carbonyl (C=O) groups excluding carboxylic acids is 1. The molecule has 0 saturated heterocycles. The van der Waals surface area contributed by atoms with Crippen LogP contribution in [0.3, 0.4) is 0 Å². The number of methoxy groups -OCH3 is 1. The maximum atomic E-state index is 13.7. The van der Waals surface area contributed by atoms with E-state index in [1.165, 1.54) is 0 Å². The Kier molecular flexibility index (Phi) is 9.39. The van der Waals surface area contributed by atoms with Gasteiger partial charge in [-0.3, -0.25) is 4.79 Å². The average molecular weight is 530 g/mol. The third kappa shape index (κ3) is 7.07. The van der Waals surface area contributed by atoms with Gasteiger partial charge >= 0.3 is 0 Å². The number of hydrogen-bond acceptors (Lipinski definition) is 7. The van der Waals surface area contributed by atoms with Crippen LogP contribution in [-0.4, -0.2) is 49.4 Å². The highest BCUT2D eigenvalue weighted by atomic mass is 16.5. The molecule has 0 fully saturated rings. The molecule has 3 aromatic carbocycles. The number of aliphatic imine (C=N–C) groups is 1. The second-order valence-corrected chi connectivity index (χ2v) is 9.05. The van der Waals surface area contributed by atoms with Crippen molar-refractivity contribution in [2.75, 3.05) is 26.9 Å². The summed E-state index contributed by atoms with van der Waals surface area (Å²) >= 11 is 0. The second kappa shape index (κ2) is 13.3. The average Bonchev–Trinajstić information content (AvgIpc) is 3.41. The molecular formula is C29H31N5O5. The van der Waals surface area contributed by atoms with Crippen LogP contribution in [0.25, 0.3) is 10.4 Å². The van der Waals surface area contributed by atoms with Gasteiger partial charge in [0.2, 0.25) is 5.90 Å². The third-order valence-electron chi connectivity index (χ3n) is 6.38. The molecule has 3 aromatic rings. The van der Waals surface area contributed by atoms with Crippen molar-refractivity contribution in [3.8, 4) is 11.5 Å². The highest BCUT2D eigenvalue weighted by molar-refractivity contribution is 6.00. The molecule has 1 aliphatic rings. The fourth-order valence-electron chi connectivity index (χ4n) is 4.23. The first-order valence-corrected chi connectivity index (χ1v) is 12.6. The molecule has 10 heteroatoms. The van der Waals surface area contributed by atoms with Crippen molar-refractivity contribution in [3.05, 3.63) is 105 Å². The predicted octanol–water partition coefficient (Wildman–Crippen LogP) is 4.34. The Labute approximate surface area is 226 Å². The molecule has 1 amide bonds. The van der Waals surface area contributed by atoms with E-state index in [0.29, 0.717) is 31.2 Å². The van der Waals surface area contributed by atoms with Crippen LogP contribution >= 0.6 is 0 Å². The maximum Gasteiger partial charge on any atom is 0.252 e. The molecule has 10 nitrogen and oxygen atoms in total. The zero-order valence-electron chi connectivity index (χ0n) is 21.7. The van der Waals surface area contributed by atoms with Gasteiger partial charge in [0.1, 0.15) is 18.1 Å². The summed E-state index contributed by atoms with van der Waals surface area (Å²) in [6.07, 6.45) is 0.817. The highest BCUT2D eigenvalue weighted by Gasteiger charge is 2.44. The van der Waals surface area contributed by atoms with Crippen molar-refractivity contribution in [1.82, 2.24) is 5.32 Å². The van der Waals surface area contributed by atoms with E-state index in [-0.39, 0.29) is 32.1 Å². The van der Waals surface area contributed by atoms with E-state index in [9.17, 15) is 4.79 Å². The first kappa shape index (κ1) is 27.5. The predicted molar refractivity (Wildman–Crippen MR) is 147 cm³/mol. The van der Waals surface area contributed by atoms with Gasteiger partial charge in [-0.25, -0.2) is 4.99 Å². The van der Waals surface area contributed by atoms with Crippen LogP contribution in [-0.2, 0) is 29.0 Å². The minimum Gasteiger partial charge on any atom is -0.497 e. The quantitative estimate of drug-likeness (QED) is 0.147. The van der Waals surface area contributed by atoms with Gasteiger partial charge in [-0.05, 0) is 58.6 Å². The van der Waals surface area contributed by atoms with E-state index >= 15 is 0 Å². The Morgan fingerprint density at radius 2 is 1.82 bits per heavy atom. The Morgan fingerprint density at radius 1 is 1.10 bits per heavy atom. The molecule has 0 bridgehead atoms. The van der Waals surface area contributed by atoms with E-state index in [1.54, 1.807) is 19.2 Å². The summed E-state index contributed by atoms with van der Waals surface area (Å²) in [5.74, 6) is 1.50. The molecule has 202 valence electrons. The van der Waals surface area contributed by atoms with E-state index in [1.807, 2.05) is 60.7 Å². The number of rotatable bonds is 13. The van der Waals surface area contributed by atoms with E-state index in [0.717, 1.165) is 28.0 Å². The molecule has 0 spiro atoms. The zero-order valence-corrected chi connectivity index (χ0v) is 21.7. The van der Waals surface area contributed by atoms with Gasteiger partial charge in [-0.15, -0.1) is 0 Å². The van der Waals surface area contributed by atoms with Crippen molar-refractivity contribution in [1.29, 1.82) is 0 Å². The summed E-state index contributed by atoms with van der Waals surface area (Å²) in [5.41, 5.74) is 10.9. The molecule has 1 heterocycles. The molecule has 1 atom stereocenters. The molecule has 4 rings (SSSR count). The molecule has 39 heavy (non-hydrogen) atoms. The molecule has 0 aromatic heterocycles. The lowest BCUT2D eigenvalue weighted by atomic mass is 9.89. The largest absolute Gasteiger partial charge is 0.497 e. The van der Waals surface area contributed by atoms with E-state index in [4.69, 9.17) is 29.8 Å². The van der Waals surface area contributed by atoms with Gasteiger partial charge in [0, 0.05) is 36.5 Å². The molecular weight excluding hydrogens is 498 g/mol. The maximum absolute atomic E-state index is 13.7. The summed E-state index contributed by atoms with van der Waals surface area (Å²) in [4.78, 5) is 21.4. The number of ether oxygens (including phenoxy) is 3. The fourth-order valence-corrected chi connectivity index (χ4v) is 4.23. The van der Waals surface area contributed by atoms with Crippen LogP contribution in [0.2, 0.25) is 0 Å². The molecule has 0 unspecified atom stereocenters. The summed E-state index contributed by atoms with van der Waals surface area (Å²) in [6, 6.07) is 22.3. The third-order valence-corrected chi connectivity index (χ3v) is 6.38. The number of benzene rings is 3. The molecule has 2 N–H and O–H groups in total. The summed E-state index contributed by atoms with van der Waals surface area (Å²) < 4.78 is 16.8. The molecule has 0 saturated carbocycles. The van der Waals surface area contributed by atoms with Crippen molar-refractivity contribution in [2.24, 2.45) is 10.1 Å². The first-order valence-electron chi connectivity index (χ1n) is 12.6. The minimum atomic E-state index is -1.22. The number of amides is 1. The van der Waals surface area contributed by atoms with Gasteiger partial charge in [-0.2, -0.15) is 0 Å². The summed E-state index contributed by atoms with van der Waals surface area (Å²) in [6.45, 7) is 1.03. The van der Waals surface area contributed by atoms with Gasteiger partial charge < -0.3 is 24.6 Å². The lowest BCUT2D eigenvalue weighted by Gasteiger charge is -2.24. The zero-order chi connectivity index (χ0) is 27.5.